The fourth-order valence-electron chi connectivity index (χ4n) is 4.61. The number of pyridine rings is 1. The number of hydrogen-bond donors (Lipinski definition) is 1. The summed E-state index contributed by atoms with van der Waals surface area (Å²) in [6, 6.07) is 17.2. The number of aromatic amines is 1. The molecule has 0 atom stereocenters. The first-order chi connectivity index (χ1) is 18.0. The minimum atomic E-state index is -0.174. The van der Waals surface area contributed by atoms with E-state index in [1.54, 1.807) is 21.4 Å². The summed E-state index contributed by atoms with van der Waals surface area (Å²) in [5.41, 5.74) is 6.18. The number of Topliss-reactive ketones (excluding diaryl/α,β-unsaturated/α-hetero) is 1. The van der Waals surface area contributed by atoms with E-state index in [-0.39, 0.29) is 11.5 Å². The highest BCUT2D eigenvalue weighted by atomic mass is 16.2. The van der Waals surface area contributed by atoms with E-state index in [1.807, 2.05) is 61.7 Å². The Morgan fingerprint density at radius 1 is 1.03 bits per heavy atom. The second kappa shape index (κ2) is 10.1. The van der Waals surface area contributed by atoms with Crippen molar-refractivity contribution in [1.82, 2.24) is 34.7 Å². The van der Waals surface area contributed by atoms with E-state index in [2.05, 4.69) is 32.5 Å². The predicted molar refractivity (Wildman–Crippen MR) is 141 cm³/mol. The number of tetrazole rings is 1. The van der Waals surface area contributed by atoms with Crippen LogP contribution in [0.25, 0.3) is 28.3 Å². The molecule has 0 amide bonds. The first-order valence-electron chi connectivity index (χ1n) is 12.2. The highest BCUT2D eigenvalue weighted by Gasteiger charge is 2.19. The van der Waals surface area contributed by atoms with Crippen LogP contribution in [0.2, 0.25) is 0 Å². The van der Waals surface area contributed by atoms with Gasteiger partial charge in [-0.15, -0.1) is 10.2 Å². The van der Waals surface area contributed by atoms with Crippen LogP contribution < -0.4 is 5.69 Å². The van der Waals surface area contributed by atoms with Gasteiger partial charge in [-0.25, -0.2) is 4.79 Å². The van der Waals surface area contributed by atoms with E-state index in [1.165, 1.54) is 6.92 Å². The van der Waals surface area contributed by atoms with Gasteiger partial charge in [-0.3, -0.25) is 18.9 Å². The summed E-state index contributed by atoms with van der Waals surface area (Å²) in [4.78, 5) is 30.6. The maximum Gasteiger partial charge on any atom is 0.333 e. The number of rotatable bonds is 8. The van der Waals surface area contributed by atoms with Gasteiger partial charge < -0.3 is 0 Å². The second-order valence-electron chi connectivity index (χ2n) is 8.97. The van der Waals surface area contributed by atoms with Crippen molar-refractivity contribution in [2.24, 2.45) is 0 Å². The lowest BCUT2D eigenvalue weighted by molar-refractivity contribution is 0.101. The van der Waals surface area contributed by atoms with Crippen molar-refractivity contribution in [1.29, 1.82) is 0 Å². The molecular weight excluding hydrogens is 466 g/mol. The summed E-state index contributed by atoms with van der Waals surface area (Å²) < 4.78 is 3.38. The molecule has 0 spiro atoms. The van der Waals surface area contributed by atoms with Gasteiger partial charge in [-0.1, -0.05) is 55.8 Å². The van der Waals surface area contributed by atoms with Crippen molar-refractivity contribution in [2.75, 3.05) is 0 Å². The Labute approximate surface area is 213 Å². The summed E-state index contributed by atoms with van der Waals surface area (Å²) >= 11 is 0. The van der Waals surface area contributed by atoms with Gasteiger partial charge in [-0.2, -0.15) is 5.21 Å². The van der Waals surface area contributed by atoms with E-state index < -0.39 is 0 Å². The zero-order valence-electron chi connectivity index (χ0n) is 21.0. The van der Waals surface area contributed by atoms with Crippen molar-refractivity contribution < 1.29 is 4.79 Å². The number of nitrogens with one attached hydrogen (secondary N) is 1. The monoisotopic (exact) mass is 493 g/mol. The standard InChI is InChI=1S/C28H27N7O2/c1-4-8-21-17-35(26-18(2)9-7-12-22(26)19(3)36)28(37)34(21)16-20-13-14-25(29-15-20)23-10-5-6-11-24(23)27-30-32-33-31-27/h5-7,9-15,17H,4,8,16H2,1-3H3,(H,30,31,32,33). The Morgan fingerprint density at radius 3 is 2.51 bits per heavy atom. The summed E-state index contributed by atoms with van der Waals surface area (Å²) in [6.45, 7) is 5.90. The van der Waals surface area contributed by atoms with Crippen molar-refractivity contribution in [3.05, 3.63) is 99.9 Å². The summed E-state index contributed by atoms with van der Waals surface area (Å²) in [5, 5.41) is 14.3. The number of carbonyl (C=O) groups excluding carboxylic acids is 1. The van der Waals surface area contributed by atoms with Crippen LogP contribution in [-0.2, 0) is 13.0 Å². The number of para-hydroxylation sites is 1. The van der Waals surface area contributed by atoms with E-state index in [0.29, 0.717) is 23.6 Å². The third-order valence-corrected chi connectivity index (χ3v) is 6.38. The molecule has 0 fully saturated rings. The molecule has 0 saturated carbocycles. The van der Waals surface area contributed by atoms with Gasteiger partial charge in [0.1, 0.15) is 0 Å². The molecule has 0 radical (unpaired) electrons. The van der Waals surface area contributed by atoms with Gasteiger partial charge in [0.2, 0.25) is 5.82 Å². The summed E-state index contributed by atoms with van der Waals surface area (Å²) in [7, 11) is 0. The average Bonchev–Trinajstić information content (AvgIpc) is 3.54. The number of nitrogens with zero attached hydrogens (tertiary/aromatic N) is 6. The maximum absolute atomic E-state index is 13.6. The van der Waals surface area contributed by atoms with E-state index >= 15 is 0 Å². The molecule has 5 aromatic rings. The maximum atomic E-state index is 13.6. The third-order valence-electron chi connectivity index (χ3n) is 6.38. The Kier molecular flexibility index (Phi) is 6.59. The minimum absolute atomic E-state index is 0.0729. The quantitative estimate of drug-likeness (QED) is 0.321. The SMILES string of the molecule is CCCc1cn(-c2c(C)cccc2C(C)=O)c(=O)n1Cc1ccc(-c2ccccc2-c2nn[nH]n2)nc1. The topological polar surface area (TPSA) is 111 Å². The molecule has 2 aromatic carbocycles. The number of ketones is 1. The Hall–Kier alpha value is -4.66. The van der Waals surface area contributed by atoms with Crippen molar-refractivity contribution >= 4 is 5.78 Å². The van der Waals surface area contributed by atoms with Gasteiger partial charge in [0, 0.05) is 34.8 Å². The molecule has 9 nitrogen and oxygen atoms in total. The van der Waals surface area contributed by atoms with Gasteiger partial charge in [0.25, 0.3) is 0 Å². The third kappa shape index (κ3) is 4.63. The molecule has 5 rings (SSSR count). The van der Waals surface area contributed by atoms with Gasteiger partial charge in [0.15, 0.2) is 5.78 Å². The molecule has 9 heteroatoms. The van der Waals surface area contributed by atoms with Crippen LogP contribution in [0.1, 0.15) is 47.4 Å². The van der Waals surface area contributed by atoms with E-state index in [4.69, 9.17) is 0 Å². The second-order valence-corrected chi connectivity index (χ2v) is 8.97. The molecule has 0 unspecified atom stereocenters. The smallest absolute Gasteiger partial charge is 0.294 e. The lowest BCUT2D eigenvalue weighted by Gasteiger charge is -2.11. The van der Waals surface area contributed by atoms with Crippen LogP contribution in [0.3, 0.4) is 0 Å². The highest BCUT2D eigenvalue weighted by molar-refractivity contribution is 5.98. The summed E-state index contributed by atoms with van der Waals surface area (Å²) in [5.74, 6) is 0.427. The predicted octanol–water partition coefficient (Wildman–Crippen LogP) is 4.39. The lowest BCUT2D eigenvalue weighted by atomic mass is 10.0. The average molecular weight is 494 g/mol. The minimum Gasteiger partial charge on any atom is -0.294 e. The van der Waals surface area contributed by atoms with Crippen LogP contribution in [0.15, 0.2) is 71.8 Å². The van der Waals surface area contributed by atoms with Gasteiger partial charge in [-0.05, 0) is 48.7 Å². The molecule has 186 valence electrons. The molecule has 0 aliphatic carbocycles. The molecule has 0 aliphatic heterocycles. The number of aryl methyl sites for hydroxylation is 2. The Morgan fingerprint density at radius 2 is 1.84 bits per heavy atom. The van der Waals surface area contributed by atoms with Crippen molar-refractivity contribution in [3.63, 3.8) is 0 Å². The van der Waals surface area contributed by atoms with Crippen LogP contribution in [0.4, 0.5) is 0 Å². The number of benzene rings is 2. The molecule has 37 heavy (non-hydrogen) atoms. The zero-order chi connectivity index (χ0) is 25.9. The van der Waals surface area contributed by atoms with Crippen molar-refractivity contribution in [3.8, 4) is 28.3 Å². The largest absolute Gasteiger partial charge is 0.333 e. The van der Waals surface area contributed by atoms with Crippen LogP contribution in [0.5, 0.6) is 0 Å². The zero-order valence-corrected chi connectivity index (χ0v) is 21.0. The Balaban J connectivity index is 1.51. The molecule has 0 saturated heterocycles. The van der Waals surface area contributed by atoms with Gasteiger partial charge in [0.05, 0.1) is 17.9 Å². The number of carbonyl (C=O) groups is 1. The lowest BCUT2D eigenvalue weighted by Crippen LogP contribution is -2.26. The molecule has 3 aromatic heterocycles. The molecule has 1 N–H and O–H groups in total. The highest BCUT2D eigenvalue weighted by Crippen LogP contribution is 2.28. The van der Waals surface area contributed by atoms with Crippen LogP contribution in [0, 0.1) is 6.92 Å². The van der Waals surface area contributed by atoms with Crippen molar-refractivity contribution in [2.45, 2.75) is 40.2 Å². The van der Waals surface area contributed by atoms with Crippen LogP contribution in [-0.4, -0.2) is 40.5 Å². The summed E-state index contributed by atoms with van der Waals surface area (Å²) in [6.07, 6.45) is 5.29. The molecule has 3 heterocycles. The van der Waals surface area contributed by atoms with Gasteiger partial charge >= 0.3 is 5.69 Å². The normalized spacial score (nSPS) is 11.1. The number of H-pyrrole nitrogens is 1. The van der Waals surface area contributed by atoms with E-state index in [9.17, 15) is 9.59 Å². The molecule has 0 bridgehead atoms. The van der Waals surface area contributed by atoms with E-state index in [0.717, 1.165) is 46.5 Å². The fourth-order valence-corrected chi connectivity index (χ4v) is 4.61. The number of hydrogen-bond acceptors (Lipinski definition) is 6. The molecule has 0 aliphatic rings. The fraction of sp³-hybridized carbons (Fsp3) is 0.214. The Bertz CT molecular complexity index is 1610. The molecular formula is C28H27N7O2. The first-order valence-corrected chi connectivity index (χ1v) is 12.2. The number of imidazole rings is 1. The first kappa shape index (κ1) is 24.1. The van der Waals surface area contributed by atoms with Crippen LogP contribution >= 0.6 is 0 Å². The number of aromatic nitrogens is 7.